The zero-order chi connectivity index (χ0) is 23.7. The second-order valence-electron chi connectivity index (χ2n) is 7.32. The van der Waals surface area contributed by atoms with Crippen LogP contribution in [0.5, 0.6) is 0 Å². The average Bonchev–Trinajstić information content (AvgIpc) is 2.81. The number of hydrogen-bond donors (Lipinski definition) is 0. The molecule has 1 rings (SSSR count). The zero-order valence-electron chi connectivity index (χ0n) is 18.4. The molecule has 32 heavy (non-hydrogen) atoms. The summed E-state index contributed by atoms with van der Waals surface area (Å²) in [7, 11) is -4.05. The van der Waals surface area contributed by atoms with Crippen molar-refractivity contribution in [1.29, 1.82) is 0 Å². The topological polar surface area (TPSA) is 91.4 Å². The Kier molecular flexibility index (Phi) is 15.4. The maximum Gasteiger partial charge on any atom is 0.411 e. The SMILES string of the molecule is CCCCCCCCCCOC(=O)CN(CP(=O)(OCl)OCl)C(=O)OCc1ccccc1. The van der Waals surface area contributed by atoms with E-state index in [1.54, 1.807) is 24.3 Å². The molecular weight excluding hydrogens is 480 g/mol. The Morgan fingerprint density at radius 2 is 1.50 bits per heavy atom. The van der Waals surface area contributed by atoms with Gasteiger partial charge in [-0.25, -0.2) is 4.79 Å². The fourth-order valence-corrected chi connectivity index (χ4v) is 4.13. The lowest BCUT2D eigenvalue weighted by molar-refractivity contribution is -0.144. The summed E-state index contributed by atoms with van der Waals surface area (Å²) in [6, 6.07) is 8.95. The van der Waals surface area contributed by atoms with Crippen LogP contribution in [0.4, 0.5) is 4.79 Å². The molecule has 0 aliphatic rings. The minimum absolute atomic E-state index is 0.0444. The van der Waals surface area contributed by atoms with E-state index in [0.29, 0.717) is 0 Å². The summed E-state index contributed by atoms with van der Waals surface area (Å²) >= 11 is 10.3. The summed E-state index contributed by atoms with van der Waals surface area (Å²) in [5.74, 6) is -0.680. The van der Waals surface area contributed by atoms with Crippen LogP contribution in [0.1, 0.15) is 63.9 Å². The van der Waals surface area contributed by atoms with Crippen LogP contribution in [0.25, 0.3) is 0 Å². The van der Waals surface area contributed by atoms with Crippen LogP contribution in [0.3, 0.4) is 0 Å². The highest BCUT2D eigenvalue weighted by molar-refractivity contribution is 7.55. The molecule has 0 fully saturated rings. The smallest absolute Gasteiger partial charge is 0.411 e. The number of rotatable bonds is 17. The number of nitrogens with zero attached hydrogens (tertiary/aromatic N) is 1. The van der Waals surface area contributed by atoms with Gasteiger partial charge in [0.05, 0.1) is 30.3 Å². The third-order valence-corrected chi connectivity index (χ3v) is 6.97. The normalized spacial score (nSPS) is 11.2. The molecule has 0 aliphatic heterocycles. The highest BCUT2D eigenvalue weighted by Gasteiger charge is 2.33. The predicted octanol–water partition coefficient (Wildman–Crippen LogP) is 6.80. The number of ether oxygens (including phenoxy) is 2. The standard InChI is InChI=1S/C21H32Cl2NO7P/c1-2-3-4-5-6-7-8-12-15-28-20(25)16-24(18-32(27,30-22)31-23)21(26)29-17-19-13-10-9-11-14-19/h9-11,13-14H,2-8,12,15-18H2,1H3. The molecule has 0 aliphatic carbocycles. The number of amides is 1. The van der Waals surface area contributed by atoms with E-state index < -0.39 is 32.5 Å². The third kappa shape index (κ3) is 12.7. The van der Waals surface area contributed by atoms with E-state index in [1.165, 1.54) is 32.1 Å². The Bertz CT molecular complexity index is 701. The Hall–Kier alpha value is -1.31. The molecule has 0 unspecified atom stereocenters. The van der Waals surface area contributed by atoms with Gasteiger partial charge in [-0.2, -0.15) is 8.15 Å². The third-order valence-electron chi connectivity index (χ3n) is 4.60. The Balaban J connectivity index is 2.47. The van der Waals surface area contributed by atoms with Crippen LogP contribution in [0, 0.1) is 0 Å². The predicted molar refractivity (Wildman–Crippen MR) is 123 cm³/mol. The van der Waals surface area contributed by atoms with E-state index in [1.807, 2.05) is 6.07 Å². The molecule has 8 nitrogen and oxygen atoms in total. The molecule has 11 heteroatoms. The Morgan fingerprint density at radius 3 is 2.09 bits per heavy atom. The van der Waals surface area contributed by atoms with Gasteiger partial charge in [0.2, 0.25) is 0 Å². The van der Waals surface area contributed by atoms with Crippen LogP contribution in [0.15, 0.2) is 30.3 Å². The molecule has 182 valence electrons. The largest absolute Gasteiger partial charge is 0.464 e. The van der Waals surface area contributed by atoms with Gasteiger partial charge in [0.1, 0.15) is 19.4 Å². The highest BCUT2D eigenvalue weighted by atomic mass is 35.5. The van der Waals surface area contributed by atoms with Crippen molar-refractivity contribution < 1.29 is 31.8 Å². The number of esters is 1. The van der Waals surface area contributed by atoms with Gasteiger partial charge in [-0.15, -0.1) is 0 Å². The van der Waals surface area contributed by atoms with Crippen molar-refractivity contribution in [3.63, 3.8) is 0 Å². The monoisotopic (exact) mass is 511 g/mol. The molecule has 0 spiro atoms. The summed E-state index contributed by atoms with van der Waals surface area (Å²) in [6.45, 7) is 1.85. The van der Waals surface area contributed by atoms with Gasteiger partial charge in [0.15, 0.2) is 0 Å². The van der Waals surface area contributed by atoms with Crippen molar-refractivity contribution in [3.8, 4) is 0 Å². The summed E-state index contributed by atoms with van der Waals surface area (Å²) in [4.78, 5) is 25.5. The fourth-order valence-electron chi connectivity index (χ4n) is 2.87. The van der Waals surface area contributed by atoms with Crippen LogP contribution in [0.2, 0.25) is 0 Å². The zero-order valence-corrected chi connectivity index (χ0v) is 20.8. The molecule has 0 bridgehead atoms. The van der Waals surface area contributed by atoms with Crippen molar-refractivity contribution in [2.75, 3.05) is 19.4 Å². The molecule has 0 saturated heterocycles. The van der Waals surface area contributed by atoms with Gasteiger partial charge >= 0.3 is 19.7 Å². The summed E-state index contributed by atoms with van der Waals surface area (Å²) in [5.41, 5.74) is 0.739. The minimum atomic E-state index is -4.05. The van der Waals surface area contributed by atoms with E-state index in [2.05, 4.69) is 15.1 Å². The lowest BCUT2D eigenvalue weighted by atomic mass is 10.1. The van der Waals surface area contributed by atoms with Crippen molar-refractivity contribution in [2.45, 2.75) is 64.9 Å². The summed E-state index contributed by atoms with van der Waals surface area (Å²) in [6.07, 6.45) is 7.30. The van der Waals surface area contributed by atoms with Crippen molar-refractivity contribution in [2.24, 2.45) is 0 Å². The number of benzene rings is 1. The first-order valence-electron chi connectivity index (χ1n) is 10.7. The lowest BCUT2D eigenvalue weighted by Crippen LogP contribution is -2.37. The van der Waals surface area contributed by atoms with E-state index in [4.69, 9.17) is 33.2 Å². The van der Waals surface area contributed by atoms with Crippen LogP contribution in [-0.2, 0) is 33.6 Å². The highest BCUT2D eigenvalue weighted by Crippen LogP contribution is 2.51. The molecule has 0 saturated carbocycles. The van der Waals surface area contributed by atoms with E-state index in [9.17, 15) is 14.2 Å². The molecule has 1 aromatic carbocycles. The molecule has 0 aromatic heterocycles. The first-order valence-corrected chi connectivity index (χ1v) is 13.1. The first-order chi connectivity index (χ1) is 15.4. The van der Waals surface area contributed by atoms with Crippen molar-refractivity contribution >= 4 is 43.4 Å². The number of hydrogen-bond acceptors (Lipinski definition) is 7. The van der Waals surface area contributed by atoms with Gasteiger partial charge < -0.3 is 9.47 Å². The quantitative estimate of drug-likeness (QED) is 0.129. The molecule has 0 radical (unpaired) electrons. The van der Waals surface area contributed by atoms with Crippen molar-refractivity contribution in [1.82, 2.24) is 4.90 Å². The molecule has 1 amide bonds. The van der Waals surface area contributed by atoms with Crippen molar-refractivity contribution in [3.05, 3.63) is 35.9 Å². The maximum absolute atomic E-state index is 12.5. The van der Waals surface area contributed by atoms with Gasteiger partial charge in [-0.05, 0) is 12.0 Å². The second-order valence-corrected chi connectivity index (χ2v) is 9.93. The Labute approximate surface area is 200 Å². The van der Waals surface area contributed by atoms with Crippen LogP contribution >= 0.6 is 31.3 Å². The molecule has 0 atom stereocenters. The van der Waals surface area contributed by atoms with E-state index in [0.717, 1.165) is 29.7 Å². The number of unbranched alkanes of at least 4 members (excludes halogenated alkanes) is 7. The van der Waals surface area contributed by atoms with Crippen LogP contribution in [-0.4, -0.2) is 36.4 Å². The van der Waals surface area contributed by atoms with E-state index >= 15 is 0 Å². The molecule has 0 N–H and O–H groups in total. The molecule has 1 aromatic rings. The number of carbonyl (C=O) groups excluding carboxylic acids is 2. The van der Waals surface area contributed by atoms with Gasteiger partial charge in [-0.1, -0.05) is 82.2 Å². The maximum atomic E-state index is 12.5. The lowest BCUT2D eigenvalue weighted by Gasteiger charge is -2.23. The van der Waals surface area contributed by atoms with E-state index in [-0.39, 0.29) is 13.2 Å². The number of carbonyl (C=O) groups is 2. The average molecular weight is 512 g/mol. The summed E-state index contributed by atoms with van der Waals surface area (Å²) in [5, 5.41) is 0. The Morgan fingerprint density at radius 1 is 0.906 bits per heavy atom. The fraction of sp³-hybridized carbons (Fsp3) is 0.619. The van der Waals surface area contributed by atoms with Gasteiger partial charge in [0.25, 0.3) is 0 Å². The summed E-state index contributed by atoms with van der Waals surface area (Å²) < 4.78 is 31.1. The minimum Gasteiger partial charge on any atom is -0.464 e. The van der Waals surface area contributed by atoms with Crippen LogP contribution < -0.4 is 0 Å². The molecular formula is C21H32Cl2NO7P. The first kappa shape index (κ1) is 28.7. The second kappa shape index (κ2) is 17.2. The van der Waals surface area contributed by atoms with Gasteiger partial charge in [0, 0.05) is 0 Å². The van der Waals surface area contributed by atoms with Gasteiger partial charge in [-0.3, -0.25) is 14.3 Å². The number of halogens is 2. The molecule has 0 heterocycles.